The van der Waals surface area contributed by atoms with Crippen molar-refractivity contribution >= 4 is 39.5 Å². The number of aliphatic hydroxyl groups is 1. The Kier molecular flexibility index (Phi) is 70.6. The Morgan fingerprint density at radius 3 is 0.696 bits per heavy atom. The minimum atomic E-state index is -4.96. The van der Waals surface area contributed by atoms with Crippen molar-refractivity contribution in [1.29, 1.82) is 0 Å². The van der Waals surface area contributed by atoms with E-state index in [0.29, 0.717) is 25.7 Å². The number of phosphoric ester groups is 2. The zero-order chi connectivity index (χ0) is 75.3. The predicted octanol–water partition coefficient (Wildman–Crippen LogP) is 24.8. The summed E-state index contributed by atoms with van der Waals surface area (Å²) in [6, 6.07) is 0. The summed E-state index contributed by atoms with van der Waals surface area (Å²) in [5, 5.41) is 10.7. The first-order chi connectivity index (χ1) is 49.1. The van der Waals surface area contributed by atoms with Crippen molar-refractivity contribution in [3.63, 3.8) is 0 Å². The van der Waals surface area contributed by atoms with Crippen LogP contribution in [0.25, 0.3) is 0 Å². The summed E-state index contributed by atoms with van der Waals surface area (Å²) in [5.74, 6) is 1.03. The Labute approximate surface area is 626 Å². The van der Waals surface area contributed by atoms with Gasteiger partial charge in [0, 0.05) is 25.7 Å². The molecule has 0 aromatic heterocycles. The molecule has 606 valence electrons. The number of hydrogen-bond acceptors (Lipinski definition) is 15. The van der Waals surface area contributed by atoms with Gasteiger partial charge in [0.05, 0.1) is 26.4 Å². The highest BCUT2D eigenvalue weighted by molar-refractivity contribution is 7.47. The molecule has 0 aliphatic heterocycles. The highest BCUT2D eigenvalue weighted by Crippen LogP contribution is 2.45. The van der Waals surface area contributed by atoms with E-state index in [4.69, 9.17) is 37.0 Å². The molecule has 6 atom stereocenters. The van der Waals surface area contributed by atoms with Gasteiger partial charge in [-0.15, -0.1) is 0 Å². The molecule has 0 aromatic carbocycles. The maximum atomic E-state index is 13.1. The lowest BCUT2D eigenvalue weighted by molar-refractivity contribution is -0.161. The molecule has 0 aliphatic rings. The van der Waals surface area contributed by atoms with E-state index in [1.165, 1.54) is 231 Å². The molecule has 3 unspecified atom stereocenters. The first kappa shape index (κ1) is 100. The highest BCUT2D eigenvalue weighted by Gasteiger charge is 2.30. The molecule has 102 heavy (non-hydrogen) atoms. The molecule has 0 amide bonds. The molecular weight excluding hydrogens is 1330 g/mol. The Hall–Kier alpha value is -1.94. The second-order valence-electron chi connectivity index (χ2n) is 31.5. The maximum Gasteiger partial charge on any atom is 0.472 e. The molecule has 3 N–H and O–H groups in total. The molecular formula is C83H162O17P2. The van der Waals surface area contributed by atoms with Gasteiger partial charge in [-0.2, -0.15) is 0 Å². The predicted molar refractivity (Wildman–Crippen MR) is 418 cm³/mol. The van der Waals surface area contributed by atoms with Gasteiger partial charge < -0.3 is 33.8 Å². The van der Waals surface area contributed by atoms with Gasteiger partial charge in [0.1, 0.15) is 19.3 Å². The van der Waals surface area contributed by atoms with Gasteiger partial charge in [-0.1, -0.05) is 376 Å². The second kappa shape index (κ2) is 72.0. The number of esters is 4. The fourth-order valence-corrected chi connectivity index (χ4v) is 14.3. The van der Waals surface area contributed by atoms with E-state index >= 15 is 0 Å². The van der Waals surface area contributed by atoms with Crippen LogP contribution in [-0.2, 0) is 65.4 Å². The highest BCUT2D eigenvalue weighted by atomic mass is 31.2. The van der Waals surface area contributed by atoms with Gasteiger partial charge >= 0.3 is 39.5 Å². The van der Waals surface area contributed by atoms with Gasteiger partial charge in [-0.3, -0.25) is 37.3 Å². The average molecular weight is 1490 g/mol. The number of carbonyl (C=O) groups excluding carboxylic acids is 4. The van der Waals surface area contributed by atoms with E-state index in [-0.39, 0.29) is 25.7 Å². The molecule has 19 heteroatoms. The van der Waals surface area contributed by atoms with Crippen molar-refractivity contribution < 1.29 is 80.2 Å². The standard InChI is InChI=1S/C83H162O17P2/c1-9-76(8)62-54-46-38-29-23-16-14-12-10-11-13-15-17-25-31-41-49-57-65-82(87)99-78(69-93-80(85)63-55-47-39-30-24-19-18-21-27-35-43-51-59-73(2)3)71-97-101(89,90)95-67-77(84)68-96-102(91,92)98-72-79(70-94-81(86)64-56-48-40-34-33-37-45-53-61-75(6)7)100-83(88)66-58-50-42-32-26-20-22-28-36-44-52-60-74(4)5/h73-79,84H,9-72H2,1-8H3,(H,89,90)(H,91,92)/t76?,77-,78-,79-/m1/s1. The van der Waals surface area contributed by atoms with E-state index in [1.807, 2.05) is 0 Å². The fraction of sp³-hybridized carbons (Fsp3) is 0.952. The number of hydrogen-bond donors (Lipinski definition) is 3. The van der Waals surface area contributed by atoms with Crippen LogP contribution in [0.5, 0.6) is 0 Å². The first-order valence-electron chi connectivity index (χ1n) is 42.7. The van der Waals surface area contributed by atoms with Crippen molar-refractivity contribution in [1.82, 2.24) is 0 Å². The Balaban J connectivity index is 5.23. The SMILES string of the molecule is CCC(C)CCCCCCCCCCCCCCCCCCCCC(=O)O[C@H](COC(=O)CCCCCCCCCCCCCCC(C)C)COP(=O)(O)OC[C@@H](O)COP(=O)(O)OC[C@@H](COC(=O)CCCCCCCCCCC(C)C)OC(=O)CCCCCCCCCCCCCC(C)C. The van der Waals surface area contributed by atoms with Crippen molar-refractivity contribution in [3.8, 4) is 0 Å². The average Bonchev–Trinajstić information content (AvgIpc) is 0.911. The van der Waals surface area contributed by atoms with Crippen LogP contribution in [0.3, 0.4) is 0 Å². The van der Waals surface area contributed by atoms with E-state index in [0.717, 1.165) is 114 Å². The lowest BCUT2D eigenvalue weighted by Crippen LogP contribution is -2.30. The zero-order valence-electron chi connectivity index (χ0n) is 67.2. The minimum Gasteiger partial charge on any atom is -0.462 e. The van der Waals surface area contributed by atoms with E-state index in [2.05, 4.69) is 55.4 Å². The summed E-state index contributed by atoms with van der Waals surface area (Å²) in [4.78, 5) is 73.1. The number of phosphoric acid groups is 2. The number of carbonyl (C=O) groups is 4. The summed E-state index contributed by atoms with van der Waals surface area (Å²) in [6.07, 6.45) is 59.7. The molecule has 0 aliphatic carbocycles. The quantitative estimate of drug-likeness (QED) is 0.0222. The van der Waals surface area contributed by atoms with Crippen LogP contribution < -0.4 is 0 Å². The lowest BCUT2D eigenvalue weighted by Gasteiger charge is -2.21. The van der Waals surface area contributed by atoms with Crippen LogP contribution in [0.4, 0.5) is 0 Å². The topological polar surface area (TPSA) is 237 Å². The second-order valence-corrected chi connectivity index (χ2v) is 34.4. The van der Waals surface area contributed by atoms with Crippen LogP contribution in [0.15, 0.2) is 0 Å². The molecule has 0 saturated carbocycles. The Morgan fingerprint density at radius 1 is 0.275 bits per heavy atom. The third-order valence-corrected chi connectivity index (χ3v) is 21.6. The molecule has 0 heterocycles. The normalized spacial score (nSPS) is 14.3. The third-order valence-electron chi connectivity index (χ3n) is 19.7. The Bertz CT molecular complexity index is 1990. The molecule has 0 saturated heterocycles. The van der Waals surface area contributed by atoms with Crippen LogP contribution in [0, 0.1) is 23.7 Å². The largest absolute Gasteiger partial charge is 0.472 e. The van der Waals surface area contributed by atoms with Gasteiger partial charge in [0.25, 0.3) is 0 Å². The summed E-state index contributed by atoms with van der Waals surface area (Å²) in [7, 11) is -9.92. The van der Waals surface area contributed by atoms with E-state index in [9.17, 15) is 43.2 Å². The molecule has 17 nitrogen and oxygen atoms in total. The van der Waals surface area contributed by atoms with Crippen molar-refractivity contribution in [2.24, 2.45) is 23.7 Å². The van der Waals surface area contributed by atoms with Gasteiger partial charge in [0.15, 0.2) is 12.2 Å². The number of aliphatic hydroxyl groups excluding tert-OH is 1. The van der Waals surface area contributed by atoms with E-state index < -0.39 is 97.5 Å². The van der Waals surface area contributed by atoms with Gasteiger partial charge in [0.2, 0.25) is 0 Å². The van der Waals surface area contributed by atoms with Gasteiger partial charge in [-0.25, -0.2) is 9.13 Å². The van der Waals surface area contributed by atoms with Crippen molar-refractivity contribution in [2.75, 3.05) is 39.6 Å². The first-order valence-corrected chi connectivity index (χ1v) is 45.7. The van der Waals surface area contributed by atoms with Crippen molar-refractivity contribution in [2.45, 2.75) is 446 Å². The smallest absolute Gasteiger partial charge is 0.462 e. The van der Waals surface area contributed by atoms with Crippen molar-refractivity contribution in [3.05, 3.63) is 0 Å². The molecule has 0 spiro atoms. The van der Waals surface area contributed by atoms with Gasteiger partial charge in [-0.05, 0) is 49.4 Å². The number of rotatable bonds is 80. The fourth-order valence-electron chi connectivity index (χ4n) is 12.8. The summed E-state index contributed by atoms with van der Waals surface area (Å²) >= 11 is 0. The summed E-state index contributed by atoms with van der Waals surface area (Å²) in [6.45, 7) is 14.3. The minimum absolute atomic E-state index is 0.106. The molecule has 0 rings (SSSR count). The summed E-state index contributed by atoms with van der Waals surface area (Å²) < 4.78 is 68.8. The summed E-state index contributed by atoms with van der Waals surface area (Å²) in [5.41, 5.74) is 0. The Morgan fingerprint density at radius 2 is 0.471 bits per heavy atom. The van der Waals surface area contributed by atoms with Crippen LogP contribution in [0.1, 0.15) is 428 Å². The van der Waals surface area contributed by atoms with Crippen LogP contribution >= 0.6 is 15.6 Å². The molecule has 0 radical (unpaired) electrons. The molecule has 0 bridgehead atoms. The van der Waals surface area contributed by atoms with Crippen LogP contribution in [0.2, 0.25) is 0 Å². The van der Waals surface area contributed by atoms with Crippen LogP contribution in [-0.4, -0.2) is 96.7 Å². The number of ether oxygens (including phenoxy) is 4. The third kappa shape index (κ3) is 74.9. The van der Waals surface area contributed by atoms with E-state index in [1.54, 1.807) is 0 Å². The monoisotopic (exact) mass is 1490 g/mol. The maximum absolute atomic E-state index is 13.1. The lowest BCUT2D eigenvalue weighted by atomic mass is 9.99. The zero-order valence-corrected chi connectivity index (χ0v) is 69.0. The number of unbranched alkanes of at least 4 members (excludes halogenated alkanes) is 45. The molecule has 0 fully saturated rings. The molecule has 0 aromatic rings.